The van der Waals surface area contributed by atoms with E-state index in [-0.39, 0.29) is 5.91 Å². The molecule has 3 nitrogen and oxygen atoms in total. The average Bonchev–Trinajstić information content (AvgIpc) is 2.47. The molecule has 2 aromatic rings. The Kier molecular flexibility index (Phi) is 5.20. The van der Waals surface area contributed by atoms with Crippen molar-refractivity contribution in [2.45, 2.75) is 11.4 Å². The Morgan fingerprint density at radius 1 is 1.30 bits per heavy atom. The van der Waals surface area contributed by atoms with Crippen LogP contribution in [-0.4, -0.2) is 29.1 Å². The second-order valence-corrected chi connectivity index (χ2v) is 6.20. The van der Waals surface area contributed by atoms with E-state index in [0.29, 0.717) is 12.1 Å². The minimum atomic E-state index is -0.0345. The summed E-state index contributed by atoms with van der Waals surface area (Å²) in [7, 11) is 1.80. The van der Waals surface area contributed by atoms with Gasteiger partial charge in [0.15, 0.2) is 0 Å². The first-order valence-electron chi connectivity index (χ1n) is 6.09. The second-order valence-electron chi connectivity index (χ2n) is 4.40. The van der Waals surface area contributed by atoms with E-state index in [1.807, 2.05) is 6.26 Å². The lowest BCUT2D eigenvalue weighted by molar-refractivity contribution is 0.0784. The Labute approximate surface area is 131 Å². The van der Waals surface area contributed by atoms with Crippen LogP contribution in [0.2, 0.25) is 0 Å². The van der Waals surface area contributed by atoms with Gasteiger partial charge in [-0.05, 0) is 45.9 Å². The van der Waals surface area contributed by atoms with Crippen LogP contribution in [0.1, 0.15) is 15.9 Å². The largest absolute Gasteiger partial charge is 0.337 e. The van der Waals surface area contributed by atoms with Gasteiger partial charge in [0.2, 0.25) is 0 Å². The van der Waals surface area contributed by atoms with Crippen LogP contribution < -0.4 is 0 Å². The maximum absolute atomic E-state index is 12.3. The van der Waals surface area contributed by atoms with E-state index >= 15 is 0 Å². The van der Waals surface area contributed by atoms with E-state index in [0.717, 1.165) is 10.0 Å². The molecular weight excluding hydrogens is 336 g/mol. The van der Waals surface area contributed by atoms with Crippen molar-refractivity contribution in [3.8, 4) is 0 Å². The average molecular weight is 351 g/mol. The molecule has 20 heavy (non-hydrogen) atoms. The second kappa shape index (κ2) is 6.90. The number of halogens is 1. The van der Waals surface area contributed by atoms with Gasteiger partial charge in [0, 0.05) is 35.4 Å². The predicted molar refractivity (Wildman–Crippen MR) is 86.0 cm³/mol. The number of benzene rings is 1. The number of amides is 1. The molecule has 0 unspecified atom stereocenters. The number of thioether (sulfide) groups is 1. The number of hydrogen-bond acceptors (Lipinski definition) is 3. The van der Waals surface area contributed by atoms with E-state index in [1.54, 1.807) is 42.2 Å². The molecule has 0 spiro atoms. The quantitative estimate of drug-likeness (QED) is 0.785. The zero-order chi connectivity index (χ0) is 14.5. The fourth-order valence-electron chi connectivity index (χ4n) is 1.83. The monoisotopic (exact) mass is 350 g/mol. The lowest BCUT2D eigenvalue weighted by atomic mass is 10.2. The summed E-state index contributed by atoms with van der Waals surface area (Å²) in [6.07, 6.45) is 5.29. The maximum atomic E-state index is 12.3. The number of hydrogen-bond donors (Lipinski definition) is 0. The molecule has 1 aromatic carbocycles. The summed E-state index contributed by atoms with van der Waals surface area (Å²) in [6, 6.07) is 10.0. The summed E-state index contributed by atoms with van der Waals surface area (Å²) in [5.41, 5.74) is 1.70. The van der Waals surface area contributed by atoms with Crippen LogP contribution in [0.15, 0.2) is 52.1 Å². The predicted octanol–water partition coefficient (Wildman–Crippen LogP) is 3.84. The first kappa shape index (κ1) is 15.1. The minimum absolute atomic E-state index is 0.0345. The molecular formula is C15H15BrN2OS. The lowest BCUT2D eigenvalue weighted by Crippen LogP contribution is -2.26. The molecule has 0 fully saturated rings. The zero-order valence-electron chi connectivity index (χ0n) is 11.3. The number of nitrogens with zero attached hydrogens (tertiary/aromatic N) is 2. The summed E-state index contributed by atoms with van der Waals surface area (Å²) >= 11 is 5.03. The Bertz CT molecular complexity index is 601. The normalized spacial score (nSPS) is 10.3. The van der Waals surface area contributed by atoms with Crippen LogP contribution in [0.3, 0.4) is 0 Å². The Hall–Kier alpha value is -1.33. The van der Waals surface area contributed by atoms with E-state index < -0.39 is 0 Å². The topological polar surface area (TPSA) is 33.2 Å². The highest BCUT2D eigenvalue weighted by Gasteiger charge is 2.12. The van der Waals surface area contributed by atoms with Crippen molar-refractivity contribution in [3.05, 3.63) is 58.3 Å². The van der Waals surface area contributed by atoms with Crippen molar-refractivity contribution in [2.75, 3.05) is 13.3 Å². The molecule has 1 aromatic heterocycles. The third kappa shape index (κ3) is 3.84. The first-order valence-corrected chi connectivity index (χ1v) is 8.11. The molecule has 0 radical (unpaired) electrons. The Balaban J connectivity index is 2.07. The Morgan fingerprint density at radius 3 is 2.60 bits per heavy atom. The summed E-state index contributed by atoms with van der Waals surface area (Å²) in [5.74, 6) is -0.0345. The molecule has 0 atom stereocenters. The van der Waals surface area contributed by atoms with Crippen LogP contribution in [0.4, 0.5) is 0 Å². The number of carbonyl (C=O) groups is 1. The van der Waals surface area contributed by atoms with Crippen LogP contribution >= 0.6 is 27.7 Å². The fraction of sp³-hybridized carbons (Fsp3) is 0.200. The molecule has 0 saturated heterocycles. The van der Waals surface area contributed by atoms with Gasteiger partial charge >= 0.3 is 0 Å². The van der Waals surface area contributed by atoms with E-state index in [2.05, 4.69) is 45.2 Å². The van der Waals surface area contributed by atoms with Gasteiger partial charge in [0.25, 0.3) is 5.91 Å². The summed E-state index contributed by atoms with van der Waals surface area (Å²) in [6.45, 7) is 0.583. The van der Waals surface area contributed by atoms with Crippen LogP contribution in [0, 0.1) is 0 Å². The minimum Gasteiger partial charge on any atom is -0.337 e. The van der Waals surface area contributed by atoms with Gasteiger partial charge in [-0.2, -0.15) is 0 Å². The first-order chi connectivity index (χ1) is 9.60. The number of aromatic nitrogens is 1. The van der Waals surface area contributed by atoms with E-state index in [4.69, 9.17) is 0 Å². The van der Waals surface area contributed by atoms with Crippen molar-refractivity contribution in [2.24, 2.45) is 0 Å². The van der Waals surface area contributed by atoms with Gasteiger partial charge in [-0.25, -0.2) is 0 Å². The molecule has 0 N–H and O–H groups in total. The van der Waals surface area contributed by atoms with Gasteiger partial charge in [-0.15, -0.1) is 11.8 Å². The van der Waals surface area contributed by atoms with Crippen molar-refractivity contribution in [3.63, 3.8) is 0 Å². The third-order valence-corrected chi connectivity index (χ3v) is 4.05. The van der Waals surface area contributed by atoms with Crippen molar-refractivity contribution < 1.29 is 4.79 Å². The molecule has 1 amide bonds. The molecule has 0 aliphatic rings. The number of rotatable bonds is 4. The molecule has 0 bridgehead atoms. The summed E-state index contributed by atoms with van der Waals surface area (Å²) in [4.78, 5) is 19.2. The highest BCUT2D eigenvalue weighted by Crippen LogP contribution is 2.17. The van der Waals surface area contributed by atoms with Gasteiger partial charge in [0.05, 0.1) is 5.56 Å². The summed E-state index contributed by atoms with van der Waals surface area (Å²) in [5, 5.41) is 0. The molecule has 104 valence electrons. The van der Waals surface area contributed by atoms with Crippen LogP contribution in [0.25, 0.3) is 0 Å². The lowest BCUT2D eigenvalue weighted by Gasteiger charge is -2.17. The highest BCUT2D eigenvalue weighted by atomic mass is 79.9. The van der Waals surface area contributed by atoms with Crippen molar-refractivity contribution in [1.29, 1.82) is 0 Å². The third-order valence-electron chi connectivity index (χ3n) is 2.88. The standard InChI is InChI=1S/C15H15BrN2OS/c1-18(10-11-3-5-14(20-2)6-4-11)15(19)12-7-13(16)9-17-8-12/h3-9H,10H2,1-2H3. The molecule has 5 heteroatoms. The van der Waals surface area contributed by atoms with Gasteiger partial charge < -0.3 is 4.90 Å². The molecule has 0 saturated carbocycles. The van der Waals surface area contributed by atoms with Crippen LogP contribution in [-0.2, 0) is 6.54 Å². The Morgan fingerprint density at radius 2 is 2.00 bits per heavy atom. The number of pyridine rings is 1. The zero-order valence-corrected chi connectivity index (χ0v) is 13.7. The van der Waals surface area contributed by atoms with Crippen molar-refractivity contribution >= 4 is 33.6 Å². The van der Waals surface area contributed by atoms with Gasteiger partial charge in [0.1, 0.15) is 0 Å². The van der Waals surface area contributed by atoms with Crippen molar-refractivity contribution in [1.82, 2.24) is 9.88 Å². The highest BCUT2D eigenvalue weighted by molar-refractivity contribution is 9.10. The van der Waals surface area contributed by atoms with E-state index in [1.165, 1.54) is 4.90 Å². The van der Waals surface area contributed by atoms with Crippen LogP contribution in [0.5, 0.6) is 0 Å². The molecule has 2 rings (SSSR count). The van der Waals surface area contributed by atoms with E-state index in [9.17, 15) is 4.79 Å². The smallest absolute Gasteiger partial charge is 0.255 e. The number of carbonyl (C=O) groups excluding carboxylic acids is 1. The summed E-state index contributed by atoms with van der Waals surface area (Å²) < 4.78 is 0.807. The molecule has 1 heterocycles. The van der Waals surface area contributed by atoms with Gasteiger partial charge in [-0.1, -0.05) is 12.1 Å². The maximum Gasteiger partial charge on any atom is 0.255 e. The SMILES string of the molecule is CSc1ccc(CN(C)C(=O)c2cncc(Br)c2)cc1. The fourth-order valence-corrected chi connectivity index (χ4v) is 2.60. The molecule has 0 aliphatic carbocycles. The van der Waals surface area contributed by atoms with Gasteiger partial charge in [-0.3, -0.25) is 9.78 Å². The molecule has 0 aliphatic heterocycles.